The Morgan fingerprint density at radius 2 is 1.85 bits per heavy atom. The molecule has 1 aliphatic carbocycles. The number of nitrogens with zero attached hydrogens (tertiary/aromatic N) is 2. The maximum Gasteiger partial charge on any atom is 0.189 e. The van der Waals surface area contributed by atoms with Crippen LogP contribution in [0, 0.1) is 0 Å². The zero-order valence-corrected chi connectivity index (χ0v) is 18.3. The van der Waals surface area contributed by atoms with Crippen molar-refractivity contribution < 1.29 is 0 Å². The highest BCUT2D eigenvalue weighted by atomic mass is 127. The van der Waals surface area contributed by atoms with Gasteiger partial charge < -0.3 is 11.1 Å². The van der Waals surface area contributed by atoms with Crippen molar-refractivity contribution in [3.63, 3.8) is 0 Å². The Kier molecular flexibility index (Phi) is 9.39. The molecule has 3 rings (SSSR count). The fourth-order valence-corrected chi connectivity index (χ4v) is 4.07. The van der Waals surface area contributed by atoms with Crippen molar-refractivity contribution in [1.82, 2.24) is 10.3 Å². The van der Waals surface area contributed by atoms with Gasteiger partial charge >= 0.3 is 0 Å². The van der Waals surface area contributed by atoms with E-state index in [1.54, 1.807) is 11.3 Å². The minimum Gasteiger partial charge on any atom is -0.370 e. The minimum absolute atomic E-state index is 0. The monoisotopic (exact) mass is 484 g/mol. The van der Waals surface area contributed by atoms with Gasteiger partial charge in [-0.25, -0.2) is 9.98 Å². The van der Waals surface area contributed by atoms with Crippen LogP contribution in [-0.4, -0.2) is 17.0 Å². The lowest BCUT2D eigenvalue weighted by atomic mass is 10.1. The fraction of sp³-hybridized carbons (Fsp3) is 0.500. The molecular weight excluding hydrogens is 455 g/mol. The van der Waals surface area contributed by atoms with Crippen LogP contribution in [0.3, 0.4) is 0 Å². The average Bonchev–Trinajstić information content (AvgIpc) is 2.94. The average molecular weight is 484 g/mol. The van der Waals surface area contributed by atoms with E-state index in [0.29, 0.717) is 18.5 Å². The molecule has 1 aromatic heterocycles. The van der Waals surface area contributed by atoms with E-state index in [2.05, 4.69) is 51.0 Å². The topological polar surface area (TPSA) is 63.3 Å². The van der Waals surface area contributed by atoms with Crippen molar-refractivity contribution in [2.75, 3.05) is 0 Å². The number of hydrogen-bond donors (Lipinski definition) is 2. The van der Waals surface area contributed by atoms with Gasteiger partial charge in [-0.15, -0.1) is 35.3 Å². The van der Waals surface area contributed by atoms with E-state index >= 15 is 0 Å². The Hall–Kier alpha value is -1.15. The first-order chi connectivity index (χ1) is 12.3. The molecular formula is C20H29IN4S. The van der Waals surface area contributed by atoms with Crippen molar-refractivity contribution >= 4 is 41.3 Å². The Balaban J connectivity index is 0.00000243. The second-order valence-electron chi connectivity index (χ2n) is 6.75. The van der Waals surface area contributed by atoms with Gasteiger partial charge in [0.25, 0.3) is 0 Å². The van der Waals surface area contributed by atoms with Gasteiger partial charge in [-0.2, -0.15) is 0 Å². The van der Waals surface area contributed by atoms with Crippen molar-refractivity contribution in [3.05, 3.63) is 52.0 Å². The van der Waals surface area contributed by atoms with Crippen molar-refractivity contribution in [2.24, 2.45) is 10.7 Å². The molecule has 26 heavy (non-hydrogen) atoms. The number of aromatic nitrogens is 1. The maximum atomic E-state index is 6.06. The first kappa shape index (κ1) is 21.2. The summed E-state index contributed by atoms with van der Waals surface area (Å²) < 4.78 is 0. The van der Waals surface area contributed by atoms with E-state index in [0.717, 1.165) is 18.5 Å². The Labute approximate surface area is 177 Å². The van der Waals surface area contributed by atoms with Crippen molar-refractivity contribution in [2.45, 2.75) is 64.0 Å². The molecule has 0 spiro atoms. The fourth-order valence-electron chi connectivity index (χ4n) is 3.28. The Bertz CT molecular complexity index is 663. The van der Waals surface area contributed by atoms with E-state index in [1.807, 2.05) is 0 Å². The number of halogens is 1. The Morgan fingerprint density at radius 1 is 1.12 bits per heavy atom. The van der Waals surface area contributed by atoms with Crippen LogP contribution in [0.4, 0.5) is 0 Å². The standard InChI is InChI=1S/C20H28N4S.HI/c21-20(24-17-10-6-1-2-7-11-17)22-14-18-15-25-19(23-18)13-12-16-8-4-3-5-9-16;/h3-5,8-9,15,17H,1-2,6-7,10-14H2,(H3,21,22,24);1H. The molecule has 0 unspecified atom stereocenters. The lowest BCUT2D eigenvalue weighted by Crippen LogP contribution is -2.39. The third kappa shape index (κ3) is 7.23. The van der Waals surface area contributed by atoms with Crippen molar-refractivity contribution in [3.8, 4) is 0 Å². The zero-order valence-electron chi connectivity index (χ0n) is 15.2. The molecule has 0 aliphatic heterocycles. The Morgan fingerprint density at radius 3 is 2.58 bits per heavy atom. The molecule has 4 nitrogen and oxygen atoms in total. The summed E-state index contributed by atoms with van der Waals surface area (Å²) in [5.74, 6) is 0.561. The number of aliphatic imine (C=N–C) groups is 1. The molecule has 1 saturated carbocycles. The summed E-state index contributed by atoms with van der Waals surface area (Å²) in [5, 5.41) is 6.66. The number of hydrogen-bond acceptors (Lipinski definition) is 3. The van der Waals surface area contributed by atoms with Crippen LogP contribution in [0.5, 0.6) is 0 Å². The van der Waals surface area contributed by atoms with Gasteiger partial charge in [0.05, 0.1) is 17.2 Å². The van der Waals surface area contributed by atoms with Gasteiger partial charge in [0.1, 0.15) is 0 Å². The summed E-state index contributed by atoms with van der Waals surface area (Å²) in [7, 11) is 0. The molecule has 0 bridgehead atoms. The number of nitrogens with one attached hydrogen (secondary N) is 1. The number of nitrogens with two attached hydrogens (primary N) is 1. The number of thiazole rings is 1. The van der Waals surface area contributed by atoms with Gasteiger partial charge in [0.2, 0.25) is 0 Å². The molecule has 1 aromatic carbocycles. The summed E-state index contributed by atoms with van der Waals surface area (Å²) in [6, 6.07) is 11.0. The number of benzene rings is 1. The van der Waals surface area contributed by atoms with Crippen LogP contribution in [0.25, 0.3) is 0 Å². The second-order valence-corrected chi connectivity index (χ2v) is 7.70. The lowest BCUT2D eigenvalue weighted by Gasteiger charge is -2.16. The van der Waals surface area contributed by atoms with Crippen LogP contribution < -0.4 is 11.1 Å². The van der Waals surface area contributed by atoms with Crippen LogP contribution in [-0.2, 0) is 19.4 Å². The number of guanidine groups is 1. The van der Waals surface area contributed by atoms with E-state index in [-0.39, 0.29) is 24.0 Å². The highest BCUT2D eigenvalue weighted by molar-refractivity contribution is 14.0. The van der Waals surface area contributed by atoms with Crippen LogP contribution in [0.15, 0.2) is 40.7 Å². The summed E-state index contributed by atoms with van der Waals surface area (Å²) in [6.45, 7) is 0.563. The van der Waals surface area contributed by atoms with E-state index in [9.17, 15) is 0 Å². The summed E-state index contributed by atoms with van der Waals surface area (Å²) >= 11 is 1.72. The van der Waals surface area contributed by atoms with Gasteiger partial charge in [-0.3, -0.25) is 0 Å². The molecule has 1 heterocycles. The number of aryl methyl sites for hydroxylation is 2. The second kappa shape index (κ2) is 11.5. The quantitative estimate of drug-likeness (QED) is 0.271. The first-order valence-electron chi connectivity index (χ1n) is 9.33. The molecule has 6 heteroatoms. The van der Waals surface area contributed by atoms with Crippen LogP contribution >= 0.6 is 35.3 Å². The molecule has 142 valence electrons. The first-order valence-corrected chi connectivity index (χ1v) is 10.2. The van der Waals surface area contributed by atoms with Crippen LogP contribution in [0.1, 0.15) is 54.8 Å². The lowest BCUT2D eigenvalue weighted by molar-refractivity contribution is 0.530. The summed E-state index contributed by atoms with van der Waals surface area (Å²) in [4.78, 5) is 9.17. The summed E-state index contributed by atoms with van der Waals surface area (Å²) in [6.07, 6.45) is 9.70. The predicted molar refractivity (Wildman–Crippen MR) is 121 cm³/mol. The molecule has 0 radical (unpaired) electrons. The van der Waals surface area contributed by atoms with E-state index in [4.69, 9.17) is 5.73 Å². The molecule has 0 atom stereocenters. The van der Waals surface area contributed by atoms with Gasteiger partial charge in [-0.05, 0) is 24.8 Å². The highest BCUT2D eigenvalue weighted by Gasteiger charge is 2.12. The predicted octanol–water partition coefficient (Wildman–Crippen LogP) is 4.67. The SMILES string of the molecule is I.NC(=NCc1csc(CCc2ccccc2)n1)NC1CCCCCC1. The highest BCUT2D eigenvalue weighted by Crippen LogP contribution is 2.17. The normalized spacial score (nSPS) is 15.9. The molecule has 0 saturated heterocycles. The van der Waals surface area contributed by atoms with Crippen molar-refractivity contribution in [1.29, 1.82) is 0 Å². The smallest absolute Gasteiger partial charge is 0.189 e. The molecule has 3 N–H and O–H groups in total. The number of rotatable bonds is 6. The van der Waals surface area contributed by atoms with Gasteiger partial charge in [0, 0.05) is 17.8 Å². The third-order valence-electron chi connectivity index (χ3n) is 4.69. The van der Waals surface area contributed by atoms with E-state index in [1.165, 1.54) is 49.1 Å². The minimum atomic E-state index is 0. The van der Waals surface area contributed by atoms with Gasteiger partial charge in [-0.1, -0.05) is 56.0 Å². The van der Waals surface area contributed by atoms with Crippen LogP contribution in [0.2, 0.25) is 0 Å². The maximum absolute atomic E-state index is 6.06. The molecule has 0 amide bonds. The zero-order chi connectivity index (χ0) is 17.3. The molecule has 2 aromatic rings. The van der Waals surface area contributed by atoms with Gasteiger partial charge in [0.15, 0.2) is 5.96 Å². The third-order valence-corrected chi connectivity index (χ3v) is 5.65. The summed E-state index contributed by atoms with van der Waals surface area (Å²) in [5.41, 5.74) is 8.43. The van der Waals surface area contributed by atoms with E-state index < -0.39 is 0 Å². The molecule has 1 fully saturated rings. The molecule has 1 aliphatic rings. The largest absolute Gasteiger partial charge is 0.370 e.